The Morgan fingerprint density at radius 2 is 1.68 bits per heavy atom. The molecule has 2 heterocycles. The van der Waals surface area contributed by atoms with Gasteiger partial charge in [-0.2, -0.15) is 0 Å². The van der Waals surface area contributed by atoms with Crippen LogP contribution in [0.1, 0.15) is 36.8 Å². The molecule has 1 fully saturated rings. The standard InChI is InChI=1S/C25H32FN3OS.C4H4O4.H2O/c1-28(25-27-18-20-6-2-3-7-21(20)19-31-25)23-12-15-29(16-13-23)14-4-5-17-30-24-10-8-22(26)9-11-24;5-3(6)1-2-4(7)8;/h2-3,6-11,23H,4-5,12-19H2,1H3;1-2H,(H,5,6)(H,7,8);1H2/b;2-1+;. The predicted molar refractivity (Wildman–Crippen MR) is 155 cm³/mol. The van der Waals surface area contributed by atoms with Crippen LogP contribution in [0.4, 0.5) is 4.39 Å². The fourth-order valence-corrected chi connectivity index (χ4v) is 5.47. The van der Waals surface area contributed by atoms with Crippen LogP contribution >= 0.6 is 11.8 Å². The first kappa shape index (κ1) is 32.8. The van der Waals surface area contributed by atoms with Crippen LogP contribution in [0, 0.1) is 5.82 Å². The van der Waals surface area contributed by atoms with Gasteiger partial charge in [-0.15, -0.1) is 0 Å². The number of carbonyl (C=O) groups is 2. The summed E-state index contributed by atoms with van der Waals surface area (Å²) in [6.07, 6.45) is 5.64. The minimum atomic E-state index is -1.26. The Morgan fingerprint density at radius 3 is 2.30 bits per heavy atom. The normalized spacial score (nSPS) is 15.5. The number of benzene rings is 2. The van der Waals surface area contributed by atoms with E-state index in [9.17, 15) is 14.0 Å². The molecule has 2 aliphatic heterocycles. The molecule has 4 N–H and O–H groups in total. The van der Waals surface area contributed by atoms with Gasteiger partial charge in [0.05, 0.1) is 13.2 Å². The number of aliphatic imine (C=N–C) groups is 1. The predicted octanol–water partition coefficient (Wildman–Crippen LogP) is 4.07. The summed E-state index contributed by atoms with van der Waals surface area (Å²) in [5.74, 6) is -0.985. The zero-order chi connectivity index (χ0) is 28.0. The molecule has 1 saturated heterocycles. The Morgan fingerprint density at radius 1 is 1.05 bits per heavy atom. The molecule has 0 saturated carbocycles. The number of unbranched alkanes of at least 4 members (excludes halogenated alkanes) is 1. The fraction of sp³-hybridized carbons (Fsp3) is 0.414. The first-order chi connectivity index (χ1) is 18.8. The molecule has 0 bridgehead atoms. The van der Waals surface area contributed by atoms with Crippen molar-refractivity contribution in [3.05, 3.63) is 77.6 Å². The Balaban J connectivity index is 0.000000546. The number of amidine groups is 1. The Bertz CT molecular complexity index is 1120. The second kappa shape index (κ2) is 17.3. The first-order valence-corrected chi connectivity index (χ1v) is 14.0. The smallest absolute Gasteiger partial charge is 0.328 e. The minimum absolute atomic E-state index is 0. The van der Waals surface area contributed by atoms with Crippen molar-refractivity contribution >= 4 is 28.9 Å². The molecule has 0 atom stereocenters. The third kappa shape index (κ3) is 11.4. The third-order valence-corrected chi connectivity index (χ3v) is 7.72. The Hall–Kier alpha value is -3.41. The van der Waals surface area contributed by atoms with Crippen molar-refractivity contribution in [2.75, 3.05) is 33.3 Å². The molecule has 2 aromatic rings. The van der Waals surface area contributed by atoms with Crippen molar-refractivity contribution in [2.45, 2.75) is 44.0 Å². The zero-order valence-electron chi connectivity index (χ0n) is 22.7. The van der Waals surface area contributed by atoms with Gasteiger partial charge in [-0.25, -0.2) is 14.0 Å². The summed E-state index contributed by atoms with van der Waals surface area (Å²) in [6, 6.07) is 15.5. The number of nitrogens with zero attached hydrogens (tertiary/aromatic N) is 3. The fourth-order valence-electron chi connectivity index (χ4n) is 4.39. The van der Waals surface area contributed by atoms with Crippen molar-refractivity contribution in [3.63, 3.8) is 0 Å². The average molecular weight is 576 g/mol. The molecule has 0 aliphatic carbocycles. The van der Waals surface area contributed by atoms with Gasteiger partial charge in [0.1, 0.15) is 11.6 Å². The summed E-state index contributed by atoms with van der Waals surface area (Å²) in [4.78, 5) is 29.0. The maximum absolute atomic E-state index is 12.9. The number of rotatable bonds is 9. The van der Waals surface area contributed by atoms with E-state index in [1.807, 2.05) is 11.8 Å². The second-order valence-electron chi connectivity index (χ2n) is 9.36. The molecule has 0 radical (unpaired) electrons. The van der Waals surface area contributed by atoms with Gasteiger partial charge in [0.15, 0.2) is 5.17 Å². The van der Waals surface area contributed by atoms with E-state index in [0.717, 1.165) is 50.5 Å². The van der Waals surface area contributed by atoms with E-state index in [-0.39, 0.29) is 11.3 Å². The van der Waals surface area contributed by atoms with Crippen LogP contribution in [0.3, 0.4) is 0 Å². The Labute approximate surface area is 238 Å². The number of carboxylic acid groups (broad SMARTS) is 2. The number of thioether (sulfide) groups is 1. The lowest BCUT2D eigenvalue weighted by atomic mass is 10.0. The summed E-state index contributed by atoms with van der Waals surface area (Å²) >= 11 is 1.88. The molecule has 2 aliphatic rings. The molecule has 0 aromatic heterocycles. The topological polar surface area (TPSA) is 134 Å². The monoisotopic (exact) mass is 575 g/mol. The van der Waals surface area contributed by atoms with Crippen LogP contribution in [0.25, 0.3) is 0 Å². The molecule has 11 heteroatoms. The molecule has 40 heavy (non-hydrogen) atoms. The molecule has 0 unspecified atom stereocenters. The lowest BCUT2D eigenvalue weighted by molar-refractivity contribution is -0.134. The molecule has 0 amide bonds. The van der Waals surface area contributed by atoms with E-state index in [0.29, 0.717) is 24.8 Å². The molecular formula is C29H38FN3O6S. The van der Waals surface area contributed by atoms with Crippen LogP contribution in [-0.2, 0) is 21.9 Å². The van der Waals surface area contributed by atoms with Gasteiger partial charge in [0, 0.05) is 44.1 Å². The van der Waals surface area contributed by atoms with Gasteiger partial charge < -0.3 is 30.2 Å². The van der Waals surface area contributed by atoms with Crippen LogP contribution in [-0.4, -0.2) is 81.9 Å². The van der Waals surface area contributed by atoms with E-state index in [2.05, 4.69) is 41.1 Å². The quantitative estimate of drug-likeness (QED) is 0.338. The van der Waals surface area contributed by atoms with Gasteiger partial charge in [0.25, 0.3) is 0 Å². The number of aliphatic carboxylic acids is 2. The van der Waals surface area contributed by atoms with Crippen molar-refractivity contribution in [1.29, 1.82) is 0 Å². The number of hydrogen-bond donors (Lipinski definition) is 2. The number of hydrogen-bond acceptors (Lipinski definition) is 7. The number of fused-ring (bicyclic) bond motifs is 1. The van der Waals surface area contributed by atoms with E-state index in [1.165, 1.54) is 41.3 Å². The van der Waals surface area contributed by atoms with Crippen LogP contribution in [0.5, 0.6) is 5.75 Å². The number of ether oxygens (including phenoxy) is 1. The summed E-state index contributed by atoms with van der Waals surface area (Å²) in [6.45, 7) is 4.89. The lowest BCUT2D eigenvalue weighted by Gasteiger charge is -2.37. The van der Waals surface area contributed by atoms with E-state index < -0.39 is 11.9 Å². The third-order valence-electron chi connectivity index (χ3n) is 6.59. The Kier molecular flexibility index (Phi) is 14.2. The van der Waals surface area contributed by atoms with Crippen molar-refractivity contribution in [3.8, 4) is 5.75 Å². The molecule has 0 spiro atoms. The summed E-state index contributed by atoms with van der Waals surface area (Å²) in [5.41, 5.74) is 2.77. The van der Waals surface area contributed by atoms with Gasteiger partial charge in [-0.3, -0.25) is 4.99 Å². The minimum Gasteiger partial charge on any atom is -0.494 e. The molecule has 9 nitrogen and oxygen atoms in total. The number of likely N-dealkylation sites (tertiary alicyclic amines) is 1. The van der Waals surface area contributed by atoms with Crippen molar-refractivity contribution in [2.24, 2.45) is 4.99 Å². The average Bonchev–Trinajstić information content (AvgIpc) is 3.16. The van der Waals surface area contributed by atoms with Crippen LogP contribution in [0.2, 0.25) is 0 Å². The highest BCUT2D eigenvalue weighted by molar-refractivity contribution is 8.13. The number of halogens is 1. The summed E-state index contributed by atoms with van der Waals surface area (Å²) in [5, 5.41) is 16.8. The summed E-state index contributed by atoms with van der Waals surface area (Å²) < 4.78 is 18.6. The molecule has 2 aromatic carbocycles. The first-order valence-electron chi connectivity index (χ1n) is 13.0. The van der Waals surface area contributed by atoms with Crippen LogP contribution in [0.15, 0.2) is 65.7 Å². The van der Waals surface area contributed by atoms with E-state index in [1.54, 1.807) is 12.1 Å². The molecular weight excluding hydrogens is 537 g/mol. The van der Waals surface area contributed by atoms with Gasteiger partial charge in [-0.05, 0) is 67.6 Å². The maximum Gasteiger partial charge on any atom is 0.328 e. The zero-order valence-corrected chi connectivity index (χ0v) is 23.5. The van der Waals surface area contributed by atoms with Gasteiger partial charge >= 0.3 is 11.9 Å². The lowest BCUT2D eigenvalue weighted by Crippen LogP contribution is -2.45. The largest absolute Gasteiger partial charge is 0.494 e. The molecule has 218 valence electrons. The highest BCUT2D eigenvalue weighted by Crippen LogP contribution is 2.27. The summed E-state index contributed by atoms with van der Waals surface area (Å²) in [7, 11) is 2.22. The van der Waals surface area contributed by atoms with Crippen molar-refractivity contribution < 1.29 is 34.4 Å². The highest BCUT2D eigenvalue weighted by atomic mass is 32.2. The van der Waals surface area contributed by atoms with Crippen LogP contribution < -0.4 is 4.74 Å². The van der Waals surface area contributed by atoms with Gasteiger partial charge in [-0.1, -0.05) is 36.0 Å². The van der Waals surface area contributed by atoms with E-state index in [4.69, 9.17) is 19.9 Å². The second-order valence-corrected chi connectivity index (χ2v) is 10.3. The molecule has 4 rings (SSSR count). The van der Waals surface area contributed by atoms with E-state index >= 15 is 0 Å². The number of piperidine rings is 1. The highest BCUT2D eigenvalue weighted by Gasteiger charge is 2.25. The van der Waals surface area contributed by atoms with Crippen molar-refractivity contribution in [1.82, 2.24) is 9.80 Å². The number of carboxylic acids is 2. The van der Waals surface area contributed by atoms with Gasteiger partial charge in [0.2, 0.25) is 0 Å². The SMILES string of the molecule is CN(C1=NCc2ccccc2CS1)C1CCN(CCCCOc2ccc(F)cc2)CC1.O.O=C(O)/C=C/C(=O)O. The maximum atomic E-state index is 12.9.